The van der Waals surface area contributed by atoms with Crippen LogP contribution >= 0.6 is 0 Å². The van der Waals surface area contributed by atoms with Gasteiger partial charge in [0.1, 0.15) is 0 Å². The number of carbonyl (C=O) groups is 2. The lowest BCUT2D eigenvalue weighted by Crippen LogP contribution is -2.48. The molecule has 1 heterocycles. The summed E-state index contributed by atoms with van der Waals surface area (Å²) in [6, 6.07) is -0.284. The largest absolute Gasteiger partial charge is 0.481 e. The van der Waals surface area contributed by atoms with Gasteiger partial charge in [0.25, 0.3) is 0 Å². The number of nitrogens with one attached hydrogen (secondary N) is 1. The molecule has 0 aromatic rings. The van der Waals surface area contributed by atoms with Crippen LogP contribution in [0.25, 0.3) is 0 Å². The van der Waals surface area contributed by atoms with Crippen molar-refractivity contribution >= 4 is 12.0 Å². The number of rotatable bonds is 5. The van der Waals surface area contributed by atoms with Crippen LogP contribution in [0.4, 0.5) is 4.79 Å². The van der Waals surface area contributed by atoms with Gasteiger partial charge in [-0.05, 0) is 25.2 Å². The van der Waals surface area contributed by atoms with E-state index in [0.29, 0.717) is 19.5 Å². The Morgan fingerprint density at radius 2 is 2.11 bits per heavy atom. The summed E-state index contributed by atoms with van der Waals surface area (Å²) >= 11 is 0. The highest BCUT2D eigenvalue weighted by Gasteiger charge is 2.24. The molecule has 6 heteroatoms. The number of hydrogen-bond acceptors (Lipinski definition) is 3. The lowest BCUT2D eigenvalue weighted by Gasteiger charge is -2.30. The highest BCUT2D eigenvalue weighted by atomic mass is 16.4. The number of aliphatic hydroxyl groups is 1. The highest BCUT2D eigenvalue weighted by Crippen LogP contribution is 2.12. The van der Waals surface area contributed by atoms with Crippen molar-refractivity contribution in [2.75, 3.05) is 19.6 Å². The van der Waals surface area contributed by atoms with E-state index < -0.39 is 18.0 Å². The van der Waals surface area contributed by atoms with Gasteiger partial charge < -0.3 is 20.4 Å². The predicted molar refractivity (Wildman–Crippen MR) is 70.8 cm³/mol. The Morgan fingerprint density at radius 1 is 1.42 bits per heavy atom. The second-order valence-corrected chi connectivity index (χ2v) is 5.59. The Kier molecular flexibility index (Phi) is 6.08. The second-order valence-electron chi connectivity index (χ2n) is 5.59. The van der Waals surface area contributed by atoms with Crippen LogP contribution in [-0.4, -0.2) is 52.9 Å². The fourth-order valence-electron chi connectivity index (χ4n) is 2.30. The maximum Gasteiger partial charge on any atom is 0.317 e. The summed E-state index contributed by atoms with van der Waals surface area (Å²) in [5.41, 5.74) is 0. The fourth-order valence-corrected chi connectivity index (χ4v) is 2.30. The number of nitrogens with zero attached hydrogens (tertiary/aromatic N) is 1. The lowest BCUT2D eigenvalue weighted by atomic mass is 9.97. The monoisotopic (exact) mass is 272 g/mol. The Morgan fingerprint density at radius 3 is 2.63 bits per heavy atom. The molecule has 3 N–H and O–H groups in total. The molecule has 1 saturated heterocycles. The quantitative estimate of drug-likeness (QED) is 0.693. The number of piperidine rings is 1. The van der Waals surface area contributed by atoms with Crippen LogP contribution < -0.4 is 5.32 Å². The molecule has 2 amide bonds. The van der Waals surface area contributed by atoms with Gasteiger partial charge >= 0.3 is 12.0 Å². The molecular weight excluding hydrogens is 248 g/mol. The summed E-state index contributed by atoms with van der Waals surface area (Å²) in [5.74, 6) is -1.17. The number of aliphatic hydroxyl groups excluding tert-OH is 1. The average molecular weight is 272 g/mol. The third-order valence-electron chi connectivity index (χ3n) is 3.29. The van der Waals surface area contributed by atoms with E-state index in [9.17, 15) is 14.7 Å². The van der Waals surface area contributed by atoms with E-state index >= 15 is 0 Å². The molecule has 6 nitrogen and oxygen atoms in total. The topological polar surface area (TPSA) is 89.9 Å². The van der Waals surface area contributed by atoms with Crippen LogP contribution in [-0.2, 0) is 4.79 Å². The van der Waals surface area contributed by atoms with E-state index in [0.717, 1.165) is 12.8 Å². The zero-order chi connectivity index (χ0) is 14.4. The van der Waals surface area contributed by atoms with Crippen molar-refractivity contribution in [1.82, 2.24) is 10.2 Å². The fraction of sp³-hybridized carbons (Fsp3) is 0.846. The molecule has 1 aliphatic heterocycles. The average Bonchev–Trinajstić information content (AvgIpc) is 2.33. The molecule has 0 radical (unpaired) electrons. The summed E-state index contributed by atoms with van der Waals surface area (Å²) in [7, 11) is 0. The van der Waals surface area contributed by atoms with Crippen LogP contribution in [0.3, 0.4) is 0 Å². The zero-order valence-corrected chi connectivity index (χ0v) is 11.6. The Bertz CT molecular complexity index is 320. The first-order chi connectivity index (χ1) is 8.90. The van der Waals surface area contributed by atoms with E-state index in [1.165, 1.54) is 0 Å². The summed E-state index contributed by atoms with van der Waals surface area (Å²) < 4.78 is 0. The minimum Gasteiger partial charge on any atom is -0.481 e. The SMILES string of the molecule is CC(C)CC(CNC(=O)N1CCCC(O)C1)C(=O)O. The lowest BCUT2D eigenvalue weighted by molar-refractivity contribution is -0.142. The molecular formula is C13H24N2O4. The number of carbonyl (C=O) groups excluding carboxylic acids is 1. The van der Waals surface area contributed by atoms with Crippen molar-refractivity contribution in [3.8, 4) is 0 Å². The van der Waals surface area contributed by atoms with Gasteiger partial charge in [0.05, 0.1) is 12.0 Å². The molecule has 0 bridgehead atoms. The van der Waals surface area contributed by atoms with Crippen LogP contribution in [0.1, 0.15) is 33.1 Å². The molecule has 0 spiro atoms. The van der Waals surface area contributed by atoms with Gasteiger partial charge in [-0.2, -0.15) is 0 Å². The minimum atomic E-state index is -0.882. The van der Waals surface area contributed by atoms with E-state index in [2.05, 4.69) is 5.32 Å². The van der Waals surface area contributed by atoms with Crippen molar-refractivity contribution in [1.29, 1.82) is 0 Å². The van der Waals surface area contributed by atoms with Gasteiger partial charge in [-0.15, -0.1) is 0 Å². The first-order valence-corrected chi connectivity index (χ1v) is 6.83. The van der Waals surface area contributed by atoms with Gasteiger partial charge in [-0.25, -0.2) is 4.79 Å². The molecule has 2 unspecified atom stereocenters. The number of urea groups is 1. The summed E-state index contributed by atoms with van der Waals surface area (Å²) in [6.45, 7) is 5.00. The van der Waals surface area contributed by atoms with Gasteiger partial charge in [-0.3, -0.25) is 4.79 Å². The van der Waals surface area contributed by atoms with Crippen LogP contribution in [0.2, 0.25) is 0 Å². The summed E-state index contributed by atoms with van der Waals surface area (Å²) in [4.78, 5) is 24.5. The second kappa shape index (κ2) is 7.33. The molecule has 0 aromatic carbocycles. The molecule has 110 valence electrons. The maximum atomic E-state index is 11.9. The number of hydrogen-bond donors (Lipinski definition) is 3. The first-order valence-electron chi connectivity index (χ1n) is 6.83. The molecule has 1 aliphatic rings. The smallest absolute Gasteiger partial charge is 0.317 e. The van der Waals surface area contributed by atoms with Gasteiger partial charge in [-0.1, -0.05) is 13.8 Å². The van der Waals surface area contributed by atoms with Crippen molar-refractivity contribution < 1.29 is 19.8 Å². The Balaban J connectivity index is 2.40. The number of carboxylic acids is 1. The van der Waals surface area contributed by atoms with Gasteiger partial charge in [0.2, 0.25) is 0 Å². The normalized spacial score (nSPS) is 21.3. The highest BCUT2D eigenvalue weighted by molar-refractivity contribution is 5.76. The molecule has 1 fully saturated rings. The van der Waals surface area contributed by atoms with Gasteiger partial charge in [0, 0.05) is 19.6 Å². The maximum absolute atomic E-state index is 11.9. The van der Waals surface area contributed by atoms with Gasteiger partial charge in [0.15, 0.2) is 0 Å². The van der Waals surface area contributed by atoms with Crippen molar-refractivity contribution in [3.63, 3.8) is 0 Å². The van der Waals surface area contributed by atoms with Crippen molar-refractivity contribution in [3.05, 3.63) is 0 Å². The number of amides is 2. The van der Waals surface area contributed by atoms with Crippen LogP contribution in [0.15, 0.2) is 0 Å². The van der Waals surface area contributed by atoms with Crippen LogP contribution in [0, 0.1) is 11.8 Å². The molecule has 0 saturated carbocycles. The van der Waals surface area contributed by atoms with E-state index in [-0.39, 0.29) is 18.5 Å². The number of aliphatic carboxylic acids is 1. The zero-order valence-electron chi connectivity index (χ0n) is 11.6. The third kappa shape index (κ3) is 5.46. The van der Waals surface area contributed by atoms with Crippen molar-refractivity contribution in [2.24, 2.45) is 11.8 Å². The molecule has 0 aliphatic carbocycles. The standard InChI is InChI=1S/C13H24N2O4/c1-9(2)6-10(12(17)18)7-14-13(19)15-5-3-4-11(16)8-15/h9-11,16H,3-8H2,1-2H3,(H,14,19)(H,17,18). The molecule has 1 rings (SSSR count). The predicted octanol–water partition coefficient (Wildman–Crippen LogP) is 0.900. The Labute approximate surface area is 113 Å². The molecule has 2 atom stereocenters. The minimum absolute atomic E-state index is 0.138. The van der Waals surface area contributed by atoms with Crippen LogP contribution in [0.5, 0.6) is 0 Å². The van der Waals surface area contributed by atoms with E-state index in [1.807, 2.05) is 13.8 Å². The molecule has 19 heavy (non-hydrogen) atoms. The molecule has 0 aromatic heterocycles. The summed E-state index contributed by atoms with van der Waals surface area (Å²) in [6.07, 6.45) is 1.57. The third-order valence-corrected chi connectivity index (χ3v) is 3.29. The first kappa shape index (κ1) is 15.8. The Hall–Kier alpha value is -1.30. The number of β-amino-alcohol motifs (C(OH)–C–C–N with tert-alkyl or cyclic N) is 1. The number of carboxylic acid groups (broad SMARTS) is 1. The van der Waals surface area contributed by atoms with E-state index in [4.69, 9.17) is 5.11 Å². The summed E-state index contributed by atoms with van der Waals surface area (Å²) in [5, 5.41) is 21.2. The van der Waals surface area contributed by atoms with E-state index in [1.54, 1.807) is 4.90 Å². The number of likely N-dealkylation sites (tertiary alicyclic amines) is 1. The van der Waals surface area contributed by atoms with Crippen molar-refractivity contribution in [2.45, 2.75) is 39.2 Å².